The standard InChI is InChI=1S/C17H26F3N3O.HI/c1-3-4-11-24-12-5-10-22-16(21-2)23-13-14-6-8-15(9-7-14)17(18,19)20;/h6-9H,3-5,10-13H2,1-2H3,(H2,21,22,23);1H. The Balaban J connectivity index is 0.00000576. The van der Waals surface area contributed by atoms with Crippen molar-refractivity contribution in [2.75, 3.05) is 26.8 Å². The minimum absolute atomic E-state index is 0. The van der Waals surface area contributed by atoms with Crippen molar-refractivity contribution in [1.82, 2.24) is 10.6 Å². The van der Waals surface area contributed by atoms with Crippen LogP contribution in [0.1, 0.15) is 37.3 Å². The quantitative estimate of drug-likeness (QED) is 0.245. The number of alkyl halides is 3. The van der Waals surface area contributed by atoms with E-state index in [0.717, 1.165) is 50.1 Å². The van der Waals surface area contributed by atoms with Gasteiger partial charge in [0.2, 0.25) is 0 Å². The van der Waals surface area contributed by atoms with Gasteiger partial charge in [0.05, 0.1) is 5.56 Å². The van der Waals surface area contributed by atoms with E-state index >= 15 is 0 Å². The molecule has 0 fully saturated rings. The van der Waals surface area contributed by atoms with Gasteiger partial charge in [-0.3, -0.25) is 4.99 Å². The zero-order valence-corrected chi connectivity index (χ0v) is 17.0. The summed E-state index contributed by atoms with van der Waals surface area (Å²) in [6, 6.07) is 5.09. The Kier molecular flexibility index (Phi) is 12.7. The first-order chi connectivity index (χ1) is 11.5. The van der Waals surface area contributed by atoms with Crippen molar-refractivity contribution >= 4 is 29.9 Å². The highest BCUT2D eigenvalue weighted by Gasteiger charge is 2.29. The molecule has 0 saturated carbocycles. The van der Waals surface area contributed by atoms with Gasteiger partial charge in [-0.2, -0.15) is 13.2 Å². The first kappa shape index (κ1) is 24.0. The van der Waals surface area contributed by atoms with E-state index in [1.807, 2.05) is 0 Å². The molecule has 0 atom stereocenters. The Morgan fingerprint density at radius 3 is 2.28 bits per heavy atom. The zero-order chi connectivity index (χ0) is 17.8. The molecule has 0 unspecified atom stereocenters. The minimum atomic E-state index is -4.30. The van der Waals surface area contributed by atoms with Crippen molar-refractivity contribution in [3.8, 4) is 0 Å². The molecule has 8 heteroatoms. The van der Waals surface area contributed by atoms with Gasteiger partial charge >= 0.3 is 6.18 Å². The first-order valence-electron chi connectivity index (χ1n) is 8.15. The van der Waals surface area contributed by atoms with Crippen LogP contribution in [0.25, 0.3) is 0 Å². The van der Waals surface area contributed by atoms with Crippen LogP contribution in [0.4, 0.5) is 13.2 Å². The molecule has 0 spiro atoms. The number of ether oxygens (including phenoxy) is 1. The van der Waals surface area contributed by atoms with Crippen molar-refractivity contribution in [3.63, 3.8) is 0 Å². The number of guanidine groups is 1. The molecule has 1 aromatic carbocycles. The second-order valence-electron chi connectivity index (χ2n) is 5.37. The number of nitrogens with zero attached hydrogens (tertiary/aromatic N) is 1. The largest absolute Gasteiger partial charge is 0.416 e. The van der Waals surface area contributed by atoms with Crippen molar-refractivity contribution in [1.29, 1.82) is 0 Å². The van der Waals surface area contributed by atoms with Gasteiger partial charge in [-0.25, -0.2) is 0 Å². The molecule has 0 aromatic heterocycles. The number of benzene rings is 1. The van der Waals surface area contributed by atoms with Crippen LogP contribution in [0.3, 0.4) is 0 Å². The van der Waals surface area contributed by atoms with Gasteiger partial charge in [0.25, 0.3) is 0 Å². The molecular formula is C17H27F3IN3O. The second-order valence-corrected chi connectivity index (χ2v) is 5.37. The molecule has 0 radical (unpaired) electrons. The Morgan fingerprint density at radius 2 is 1.72 bits per heavy atom. The van der Waals surface area contributed by atoms with E-state index in [4.69, 9.17) is 4.74 Å². The maximum absolute atomic E-state index is 12.5. The Bertz CT molecular complexity index is 493. The highest BCUT2D eigenvalue weighted by atomic mass is 127. The zero-order valence-electron chi connectivity index (χ0n) is 14.7. The summed E-state index contributed by atoms with van der Waals surface area (Å²) in [6.45, 7) is 4.74. The summed E-state index contributed by atoms with van der Waals surface area (Å²) < 4.78 is 43.0. The molecule has 0 aliphatic carbocycles. The van der Waals surface area contributed by atoms with E-state index in [1.54, 1.807) is 7.05 Å². The van der Waals surface area contributed by atoms with Gasteiger partial charge < -0.3 is 15.4 Å². The van der Waals surface area contributed by atoms with Gasteiger partial charge in [-0.05, 0) is 30.5 Å². The van der Waals surface area contributed by atoms with E-state index in [1.165, 1.54) is 12.1 Å². The molecule has 1 rings (SSSR count). The fraction of sp³-hybridized carbons (Fsp3) is 0.588. The molecule has 25 heavy (non-hydrogen) atoms. The van der Waals surface area contributed by atoms with Crippen LogP contribution < -0.4 is 10.6 Å². The lowest BCUT2D eigenvalue weighted by molar-refractivity contribution is -0.137. The van der Waals surface area contributed by atoms with Crippen LogP contribution in [0.5, 0.6) is 0 Å². The van der Waals surface area contributed by atoms with E-state index in [0.29, 0.717) is 19.1 Å². The first-order valence-corrected chi connectivity index (χ1v) is 8.15. The van der Waals surface area contributed by atoms with Gasteiger partial charge in [0.15, 0.2) is 5.96 Å². The molecule has 0 heterocycles. The van der Waals surface area contributed by atoms with E-state index < -0.39 is 11.7 Å². The Morgan fingerprint density at radius 1 is 1.08 bits per heavy atom. The van der Waals surface area contributed by atoms with Gasteiger partial charge in [0, 0.05) is 33.4 Å². The van der Waals surface area contributed by atoms with Crippen LogP contribution in [-0.2, 0) is 17.5 Å². The minimum Gasteiger partial charge on any atom is -0.381 e. The lowest BCUT2D eigenvalue weighted by Gasteiger charge is -2.13. The third-order valence-electron chi connectivity index (χ3n) is 3.36. The predicted octanol–water partition coefficient (Wildman–Crippen LogP) is 4.20. The maximum Gasteiger partial charge on any atom is 0.416 e. The fourth-order valence-electron chi connectivity index (χ4n) is 1.95. The fourth-order valence-corrected chi connectivity index (χ4v) is 1.95. The molecule has 0 aliphatic rings. The smallest absolute Gasteiger partial charge is 0.381 e. The van der Waals surface area contributed by atoms with Crippen molar-refractivity contribution in [3.05, 3.63) is 35.4 Å². The average Bonchev–Trinajstić information content (AvgIpc) is 2.56. The summed E-state index contributed by atoms with van der Waals surface area (Å²) in [5.41, 5.74) is 0.116. The van der Waals surface area contributed by atoms with Gasteiger partial charge in [-0.1, -0.05) is 25.5 Å². The van der Waals surface area contributed by atoms with Crippen LogP contribution in [0, 0.1) is 0 Å². The lowest BCUT2D eigenvalue weighted by Crippen LogP contribution is -2.37. The Hall–Kier alpha value is -1.03. The molecule has 1 aromatic rings. The summed E-state index contributed by atoms with van der Waals surface area (Å²) in [6.07, 6.45) is -1.24. The van der Waals surface area contributed by atoms with E-state index in [-0.39, 0.29) is 24.0 Å². The predicted molar refractivity (Wildman–Crippen MR) is 105 cm³/mol. The van der Waals surface area contributed by atoms with E-state index in [2.05, 4.69) is 22.5 Å². The topological polar surface area (TPSA) is 45.6 Å². The van der Waals surface area contributed by atoms with Gasteiger partial charge in [-0.15, -0.1) is 24.0 Å². The third kappa shape index (κ3) is 10.5. The monoisotopic (exact) mass is 473 g/mol. The molecule has 2 N–H and O–H groups in total. The molecule has 4 nitrogen and oxygen atoms in total. The lowest BCUT2D eigenvalue weighted by atomic mass is 10.1. The molecule has 0 aliphatic heterocycles. The number of nitrogens with one attached hydrogen (secondary N) is 2. The normalized spacial score (nSPS) is 11.8. The number of hydrogen-bond donors (Lipinski definition) is 2. The summed E-state index contributed by atoms with van der Waals surface area (Å²) in [5, 5.41) is 6.22. The van der Waals surface area contributed by atoms with Crippen LogP contribution in [0.15, 0.2) is 29.3 Å². The molecule has 0 saturated heterocycles. The summed E-state index contributed by atoms with van der Waals surface area (Å²) >= 11 is 0. The number of hydrogen-bond acceptors (Lipinski definition) is 2. The summed E-state index contributed by atoms with van der Waals surface area (Å²) in [4.78, 5) is 4.08. The number of unbranched alkanes of at least 4 members (excludes halogenated alkanes) is 1. The number of aliphatic imine (C=N–C) groups is 1. The number of rotatable bonds is 9. The van der Waals surface area contributed by atoms with Crippen molar-refractivity contribution in [2.45, 2.75) is 38.9 Å². The second kappa shape index (κ2) is 13.2. The summed E-state index contributed by atoms with van der Waals surface area (Å²) in [7, 11) is 1.65. The SMILES string of the molecule is CCCCOCCCNC(=NC)NCc1ccc(C(F)(F)F)cc1.I. The van der Waals surface area contributed by atoms with E-state index in [9.17, 15) is 13.2 Å². The molecule has 0 bridgehead atoms. The van der Waals surface area contributed by atoms with Crippen LogP contribution in [0.2, 0.25) is 0 Å². The van der Waals surface area contributed by atoms with Crippen molar-refractivity contribution in [2.24, 2.45) is 4.99 Å². The average molecular weight is 473 g/mol. The third-order valence-corrected chi connectivity index (χ3v) is 3.36. The van der Waals surface area contributed by atoms with Crippen molar-refractivity contribution < 1.29 is 17.9 Å². The number of halogens is 4. The highest BCUT2D eigenvalue weighted by molar-refractivity contribution is 14.0. The molecule has 0 amide bonds. The maximum atomic E-state index is 12.5. The summed E-state index contributed by atoms with van der Waals surface area (Å²) in [5.74, 6) is 0.614. The van der Waals surface area contributed by atoms with Crippen LogP contribution in [-0.4, -0.2) is 32.8 Å². The van der Waals surface area contributed by atoms with Gasteiger partial charge in [0.1, 0.15) is 0 Å². The molecule has 144 valence electrons. The Labute approximate surface area is 164 Å². The van der Waals surface area contributed by atoms with Crippen LogP contribution >= 0.6 is 24.0 Å². The highest BCUT2D eigenvalue weighted by Crippen LogP contribution is 2.28. The molecular weight excluding hydrogens is 446 g/mol.